The first-order chi connectivity index (χ1) is 12.7. The van der Waals surface area contributed by atoms with E-state index in [1.807, 2.05) is 17.5 Å². The maximum absolute atomic E-state index is 11.9. The van der Waals surface area contributed by atoms with Gasteiger partial charge in [-0.1, -0.05) is 29.5 Å². The van der Waals surface area contributed by atoms with Crippen molar-refractivity contribution < 1.29 is 9.59 Å². The van der Waals surface area contributed by atoms with E-state index in [2.05, 4.69) is 31.9 Å². The zero-order valence-corrected chi connectivity index (χ0v) is 15.9. The summed E-state index contributed by atoms with van der Waals surface area (Å²) in [6.07, 6.45) is 7.83. The maximum Gasteiger partial charge on any atom is 0.321 e. The summed E-state index contributed by atoms with van der Waals surface area (Å²) in [5, 5.41) is 14.4. The summed E-state index contributed by atoms with van der Waals surface area (Å²) >= 11 is 2.75. The van der Waals surface area contributed by atoms with Gasteiger partial charge in [-0.05, 0) is 43.6 Å². The van der Waals surface area contributed by atoms with E-state index in [1.165, 1.54) is 30.2 Å². The van der Waals surface area contributed by atoms with Crippen molar-refractivity contribution in [3.05, 3.63) is 29.2 Å². The van der Waals surface area contributed by atoms with Gasteiger partial charge in [0, 0.05) is 6.54 Å². The van der Waals surface area contributed by atoms with Crippen molar-refractivity contribution in [2.75, 3.05) is 12.3 Å². The van der Waals surface area contributed by atoms with E-state index in [0.717, 1.165) is 24.1 Å². The van der Waals surface area contributed by atoms with Crippen LogP contribution < -0.4 is 10.6 Å². The number of amides is 3. The minimum Gasteiger partial charge on any atom is -0.337 e. The van der Waals surface area contributed by atoms with Crippen LogP contribution >= 0.6 is 23.1 Å². The molecule has 9 heteroatoms. The number of H-pyrrole nitrogens is 1. The molecule has 0 fully saturated rings. The van der Waals surface area contributed by atoms with E-state index >= 15 is 0 Å². The number of aromatic amines is 1. The molecule has 3 amide bonds. The SMILES string of the molecule is O=C(CSc1n[nH]c(-c2cccs2)n1)NC(=O)NCCC1=CCCCC1. The fraction of sp³-hybridized carbons (Fsp3) is 0.412. The molecule has 1 aliphatic carbocycles. The van der Waals surface area contributed by atoms with Crippen molar-refractivity contribution in [3.63, 3.8) is 0 Å². The lowest BCUT2D eigenvalue weighted by Gasteiger charge is -2.13. The molecule has 0 atom stereocenters. The van der Waals surface area contributed by atoms with Gasteiger partial charge in [-0.3, -0.25) is 15.2 Å². The summed E-state index contributed by atoms with van der Waals surface area (Å²) < 4.78 is 0. The zero-order valence-electron chi connectivity index (χ0n) is 14.3. The minimum atomic E-state index is -0.457. The normalized spacial score (nSPS) is 13.9. The lowest BCUT2D eigenvalue weighted by atomic mass is 9.97. The highest BCUT2D eigenvalue weighted by atomic mass is 32.2. The summed E-state index contributed by atoms with van der Waals surface area (Å²) in [4.78, 5) is 28.9. The molecule has 26 heavy (non-hydrogen) atoms. The van der Waals surface area contributed by atoms with Gasteiger partial charge in [0.15, 0.2) is 5.82 Å². The van der Waals surface area contributed by atoms with Crippen molar-refractivity contribution in [1.82, 2.24) is 25.8 Å². The van der Waals surface area contributed by atoms with Crippen LogP contribution in [0.5, 0.6) is 0 Å². The Hall–Kier alpha value is -2.13. The molecule has 0 spiro atoms. The summed E-state index contributed by atoms with van der Waals surface area (Å²) in [5.74, 6) is 0.393. The number of nitrogens with one attached hydrogen (secondary N) is 3. The molecule has 3 N–H and O–H groups in total. The van der Waals surface area contributed by atoms with Crippen molar-refractivity contribution in [1.29, 1.82) is 0 Å². The Balaban J connectivity index is 1.34. The van der Waals surface area contributed by atoms with Crippen molar-refractivity contribution in [2.24, 2.45) is 0 Å². The molecule has 0 radical (unpaired) electrons. The van der Waals surface area contributed by atoms with Crippen LogP contribution in [0.3, 0.4) is 0 Å². The number of allylic oxidation sites excluding steroid dienone is 1. The number of thiophene rings is 1. The summed E-state index contributed by atoms with van der Waals surface area (Å²) in [6.45, 7) is 0.545. The van der Waals surface area contributed by atoms with E-state index in [9.17, 15) is 9.59 Å². The Morgan fingerprint density at radius 1 is 1.35 bits per heavy atom. The van der Waals surface area contributed by atoms with Gasteiger partial charge in [-0.15, -0.1) is 16.4 Å². The van der Waals surface area contributed by atoms with Crippen molar-refractivity contribution >= 4 is 35.0 Å². The average Bonchev–Trinajstić information content (AvgIpc) is 3.32. The number of nitrogens with zero attached hydrogens (tertiary/aromatic N) is 2. The third kappa shape index (κ3) is 5.70. The van der Waals surface area contributed by atoms with Crippen LogP contribution in [0.2, 0.25) is 0 Å². The van der Waals surface area contributed by atoms with E-state index in [1.54, 1.807) is 11.3 Å². The number of hydrogen-bond donors (Lipinski definition) is 3. The third-order valence-corrected chi connectivity index (χ3v) is 5.65. The number of carbonyl (C=O) groups is 2. The lowest BCUT2D eigenvalue weighted by molar-refractivity contribution is -0.117. The van der Waals surface area contributed by atoms with Gasteiger partial charge in [0.05, 0.1) is 10.6 Å². The second kappa shape index (κ2) is 9.54. The van der Waals surface area contributed by atoms with Gasteiger partial charge in [0.1, 0.15) is 0 Å². The maximum atomic E-state index is 11.9. The highest BCUT2D eigenvalue weighted by Crippen LogP contribution is 2.23. The van der Waals surface area contributed by atoms with Crippen LogP contribution in [0.1, 0.15) is 32.1 Å². The highest BCUT2D eigenvalue weighted by molar-refractivity contribution is 7.99. The molecule has 0 bridgehead atoms. The Kier molecular flexibility index (Phi) is 6.84. The predicted molar refractivity (Wildman–Crippen MR) is 103 cm³/mol. The van der Waals surface area contributed by atoms with Crippen LogP contribution in [0.25, 0.3) is 10.7 Å². The molecule has 0 aromatic carbocycles. The number of imide groups is 1. The summed E-state index contributed by atoms with van der Waals surface area (Å²) in [6, 6.07) is 3.42. The first-order valence-corrected chi connectivity index (χ1v) is 10.4. The third-order valence-electron chi connectivity index (χ3n) is 3.92. The van der Waals surface area contributed by atoms with Gasteiger partial charge < -0.3 is 5.32 Å². The molecule has 7 nitrogen and oxygen atoms in total. The second-order valence-electron chi connectivity index (χ2n) is 5.89. The zero-order chi connectivity index (χ0) is 18.2. The molecule has 0 unspecified atom stereocenters. The summed E-state index contributed by atoms with van der Waals surface area (Å²) in [5.41, 5.74) is 1.39. The topological polar surface area (TPSA) is 99.8 Å². The van der Waals surface area contributed by atoms with E-state index in [-0.39, 0.29) is 11.7 Å². The molecule has 138 valence electrons. The minimum absolute atomic E-state index is 0.0836. The Morgan fingerprint density at radius 2 is 2.27 bits per heavy atom. The second-order valence-corrected chi connectivity index (χ2v) is 7.78. The van der Waals surface area contributed by atoms with Crippen LogP contribution in [0.4, 0.5) is 4.79 Å². The number of carbonyl (C=O) groups excluding carboxylic acids is 2. The monoisotopic (exact) mass is 391 g/mol. The number of urea groups is 1. The van der Waals surface area contributed by atoms with Crippen LogP contribution in [0.15, 0.2) is 34.3 Å². The van der Waals surface area contributed by atoms with Gasteiger partial charge in [0.25, 0.3) is 0 Å². The fourth-order valence-electron chi connectivity index (χ4n) is 2.64. The molecule has 1 aliphatic rings. The predicted octanol–water partition coefficient (Wildman–Crippen LogP) is 3.34. The number of rotatable bonds is 7. The standard InChI is InChI=1S/C17H21N5O2S2/c23-14(19-16(24)18-9-8-12-5-2-1-3-6-12)11-26-17-20-15(21-22-17)13-7-4-10-25-13/h4-5,7,10H,1-3,6,8-9,11H2,(H,20,21,22)(H2,18,19,23,24). The lowest BCUT2D eigenvalue weighted by Crippen LogP contribution is -2.40. The molecule has 2 aromatic heterocycles. The Morgan fingerprint density at radius 3 is 3.04 bits per heavy atom. The van der Waals surface area contributed by atoms with E-state index in [0.29, 0.717) is 17.5 Å². The van der Waals surface area contributed by atoms with Gasteiger partial charge >= 0.3 is 6.03 Å². The largest absolute Gasteiger partial charge is 0.337 e. The molecular formula is C17H21N5O2S2. The molecule has 3 rings (SSSR count). The molecule has 0 saturated carbocycles. The quantitative estimate of drug-likeness (QED) is 0.496. The van der Waals surface area contributed by atoms with Gasteiger partial charge in [-0.2, -0.15) is 0 Å². The van der Waals surface area contributed by atoms with Gasteiger partial charge in [-0.25, -0.2) is 9.78 Å². The van der Waals surface area contributed by atoms with Crippen LogP contribution in [-0.4, -0.2) is 39.4 Å². The smallest absolute Gasteiger partial charge is 0.321 e. The number of thioether (sulfide) groups is 1. The van der Waals surface area contributed by atoms with E-state index in [4.69, 9.17) is 0 Å². The molecule has 2 aromatic rings. The first-order valence-electron chi connectivity index (χ1n) is 8.55. The van der Waals surface area contributed by atoms with Gasteiger partial charge in [0.2, 0.25) is 11.1 Å². The Labute approximate surface area is 160 Å². The fourth-order valence-corrected chi connectivity index (χ4v) is 3.90. The van der Waals surface area contributed by atoms with Crippen molar-refractivity contribution in [3.8, 4) is 10.7 Å². The molecular weight excluding hydrogens is 370 g/mol. The van der Waals surface area contributed by atoms with Crippen LogP contribution in [-0.2, 0) is 4.79 Å². The van der Waals surface area contributed by atoms with Crippen LogP contribution in [0, 0.1) is 0 Å². The number of hydrogen-bond acceptors (Lipinski definition) is 6. The Bertz CT molecular complexity index is 770. The van der Waals surface area contributed by atoms with Crippen molar-refractivity contribution in [2.45, 2.75) is 37.3 Å². The highest BCUT2D eigenvalue weighted by Gasteiger charge is 2.12. The molecule has 0 aliphatic heterocycles. The average molecular weight is 392 g/mol. The molecule has 2 heterocycles. The first kappa shape index (κ1) is 18.7. The van der Waals surface area contributed by atoms with E-state index < -0.39 is 6.03 Å². The number of aromatic nitrogens is 3. The summed E-state index contributed by atoms with van der Waals surface area (Å²) in [7, 11) is 0. The molecule has 0 saturated heterocycles.